The number of hydrazone groups is 1. The second-order valence-electron chi connectivity index (χ2n) is 3.17. The SMILES string of the molecule is Fc1cccc(/C=N\Nc2ccc(Cl)nn2)c1. The first kappa shape index (κ1) is 11.5. The number of nitrogens with zero attached hydrogens (tertiary/aromatic N) is 3. The van der Waals surface area contributed by atoms with E-state index in [1.807, 2.05) is 0 Å². The Morgan fingerprint density at radius 1 is 1.24 bits per heavy atom. The van der Waals surface area contributed by atoms with E-state index in [4.69, 9.17) is 11.6 Å². The molecule has 0 amide bonds. The van der Waals surface area contributed by atoms with Crippen LogP contribution in [0.4, 0.5) is 10.2 Å². The largest absolute Gasteiger partial charge is 0.260 e. The van der Waals surface area contributed by atoms with E-state index in [1.165, 1.54) is 18.3 Å². The van der Waals surface area contributed by atoms with Gasteiger partial charge in [-0.3, -0.25) is 5.43 Å². The molecule has 2 rings (SSSR count). The van der Waals surface area contributed by atoms with E-state index in [2.05, 4.69) is 20.7 Å². The summed E-state index contributed by atoms with van der Waals surface area (Å²) in [7, 11) is 0. The molecule has 0 atom stereocenters. The Balaban J connectivity index is 2.00. The lowest BCUT2D eigenvalue weighted by Crippen LogP contribution is -1.95. The Labute approximate surface area is 102 Å². The monoisotopic (exact) mass is 250 g/mol. The first-order valence-corrected chi connectivity index (χ1v) is 5.16. The third kappa shape index (κ3) is 3.49. The van der Waals surface area contributed by atoms with Crippen LogP contribution in [-0.4, -0.2) is 16.4 Å². The fraction of sp³-hybridized carbons (Fsp3) is 0. The van der Waals surface area contributed by atoms with Crippen LogP contribution in [0.5, 0.6) is 0 Å². The van der Waals surface area contributed by atoms with Crippen molar-refractivity contribution in [3.8, 4) is 0 Å². The molecule has 0 aliphatic rings. The molecule has 1 aromatic heterocycles. The van der Waals surface area contributed by atoms with E-state index < -0.39 is 0 Å². The van der Waals surface area contributed by atoms with E-state index >= 15 is 0 Å². The maximum Gasteiger partial charge on any atom is 0.168 e. The third-order valence-corrected chi connectivity index (χ3v) is 2.07. The fourth-order valence-electron chi connectivity index (χ4n) is 1.14. The molecule has 0 saturated carbocycles. The molecule has 0 spiro atoms. The van der Waals surface area contributed by atoms with E-state index in [-0.39, 0.29) is 5.82 Å². The highest BCUT2D eigenvalue weighted by atomic mass is 35.5. The topological polar surface area (TPSA) is 50.2 Å². The minimum absolute atomic E-state index is 0.305. The molecule has 0 bridgehead atoms. The summed E-state index contributed by atoms with van der Waals surface area (Å²) in [6.45, 7) is 0. The first-order chi connectivity index (χ1) is 8.24. The van der Waals surface area contributed by atoms with Gasteiger partial charge in [0.05, 0.1) is 6.21 Å². The highest BCUT2D eigenvalue weighted by Gasteiger charge is 1.93. The summed E-state index contributed by atoms with van der Waals surface area (Å²) in [6.07, 6.45) is 1.49. The van der Waals surface area contributed by atoms with Crippen molar-refractivity contribution in [1.29, 1.82) is 0 Å². The zero-order chi connectivity index (χ0) is 12.1. The number of hydrogen-bond donors (Lipinski definition) is 1. The van der Waals surface area contributed by atoms with Crippen molar-refractivity contribution in [1.82, 2.24) is 10.2 Å². The minimum Gasteiger partial charge on any atom is -0.260 e. The number of aromatic nitrogens is 2. The average Bonchev–Trinajstić information content (AvgIpc) is 2.32. The summed E-state index contributed by atoms with van der Waals surface area (Å²) in [5.41, 5.74) is 3.31. The smallest absolute Gasteiger partial charge is 0.168 e. The molecule has 6 heteroatoms. The lowest BCUT2D eigenvalue weighted by Gasteiger charge is -1.97. The summed E-state index contributed by atoms with van der Waals surface area (Å²) < 4.78 is 12.8. The highest BCUT2D eigenvalue weighted by molar-refractivity contribution is 6.29. The van der Waals surface area contributed by atoms with Crippen molar-refractivity contribution in [2.24, 2.45) is 5.10 Å². The van der Waals surface area contributed by atoms with Crippen LogP contribution in [0.15, 0.2) is 41.5 Å². The van der Waals surface area contributed by atoms with Crippen LogP contribution >= 0.6 is 11.6 Å². The molecular weight excluding hydrogens is 243 g/mol. The molecule has 0 unspecified atom stereocenters. The molecule has 1 aromatic carbocycles. The van der Waals surface area contributed by atoms with Gasteiger partial charge in [-0.15, -0.1) is 10.2 Å². The average molecular weight is 251 g/mol. The number of hydrogen-bond acceptors (Lipinski definition) is 4. The van der Waals surface area contributed by atoms with Gasteiger partial charge in [-0.25, -0.2) is 4.39 Å². The van der Waals surface area contributed by atoms with Gasteiger partial charge in [-0.1, -0.05) is 23.7 Å². The maximum absolute atomic E-state index is 12.8. The Kier molecular flexibility index (Phi) is 3.62. The van der Waals surface area contributed by atoms with Gasteiger partial charge in [-0.05, 0) is 29.8 Å². The maximum atomic E-state index is 12.8. The van der Waals surface area contributed by atoms with E-state index in [9.17, 15) is 4.39 Å². The van der Waals surface area contributed by atoms with Gasteiger partial charge in [0.1, 0.15) is 5.82 Å². The number of rotatable bonds is 3. The van der Waals surface area contributed by atoms with Crippen molar-refractivity contribution in [3.63, 3.8) is 0 Å². The van der Waals surface area contributed by atoms with Crippen LogP contribution in [0.3, 0.4) is 0 Å². The molecule has 17 heavy (non-hydrogen) atoms. The van der Waals surface area contributed by atoms with Crippen molar-refractivity contribution in [2.45, 2.75) is 0 Å². The number of halogens is 2. The molecule has 1 N–H and O–H groups in total. The molecule has 2 aromatic rings. The normalized spacial score (nSPS) is 10.7. The summed E-state index contributed by atoms with van der Waals surface area (Å²) in [6, 6.07) is 9.32. The Morgan fingerprint density at radius 3 is 2.82 bits per heavy atom. The van der Waals surface area contributed by atoms with Gasteiger partial charge < -0.3 is 0 Å². The second-order valence-corrected chi connectivity index (χ2v) is 3.55. The molecule has 0 saturated heterocycles. The predicted molar refractivity (Wildman–Crippen MR) is 64.7 cm³/mol. The van der Waals surface area contributed by atoms with Crippen LogP contribution in [0.1, 0.15) is 5.56 Å². The summed E-state index contributed by atoms with van der Waals surface area (Å²) in [4.78, 5) is 0. The van der Waals surface area contributed by atoms with Gasteiger partial charge in [0.15, 0.2) is 11.0 Å². The fourth-order valence-corrected chi connectivity index (χ4v) is 1.24. The van der Waals surface area contributed by atoms with Gasteiger partial charge in [0, 0.05) is 0 Å². The van der Waals surface area contributed by atoms with E-state index in [1.54, 1.807) is 24.3 Å². The predicted octanol–water partition coefficient (Wildman–Crippen LogP) is 2.72. The summed E-state index contributed by atoms with van der Waals surface area (Å²) >= 11 is 5.58. The quantitative estimate of drug-likeness (QED) is 0.673. The first-order valence-electron chi connectivity index (χ1n) is 4.78. The van der Waals surface area contributed by atoms with Gasteiger partial charge in [0.25, 0.3) is 0 Å². The highest BCUT2D eigenvalue weighted by Crippen LogP contribution is 2.06. The molecule has 86 valence electrons. The standard InChI is InChI=1S/C11H8ClFN4/c12-10-4-5-11(17-15-10)16-14-7-8-2-1-3-9(13)6-8/h1-7H,(H,16,17)/b14-7-. The second kappa shape index (κ2) is 5.36. The van der Waals surface area contributed by atoms with Gasteiger partial charge in [-0.2, -0.15) is 5.10 Å². The van der Waals surface area contributed by atoms with Gasteiger partial charge in [0.2, 0.25) is 0 Å². The molecule has 0 aliphatic heterocycles. The van der Waals surface area contributed by atoms with Crippen molar-refractivity contribution in [3.05, 3.63) is 52.9 Å². The Morgan fingerprint density at radius 2 is 2.12 bits per heavy atom. The van der Waals surface area contributed by atoms with Gasteiger partial charge >= 0.3 is 0 Å². The molecule has 4 nitrogen and oxygen atoms in total. The number of benzene rings is 1. The zero-order valence-corrected chi connectivity index (χ0v) is 9.39. The number of anilines is 1. The Hall–Kier alpha value is -2.01. The zero-order valence-electron chi connectivity index (χ0n) is 8.64. The van der Waals surface area contributed by atoms with Crippen LogP contribution in [0, 0.1) is 5.82 Å². The lowest BCUT2D eigenvalue weighted by atomic mass is 10.2. The van der Waals surface area contributed by atoms with Crippen LogP contribution in [-0.2, 0) is 0 Å². The minimum atomic E-state index is -0.305. The van der Waals surface area contributed by atoms with Crippen LogP contribution in [0.2, 0.25) is 5.15 Å². The summed E-state index contributed by atoms with van der Waals surface area (Å²) in [5, 5.41) is 11.6. The van der Waals surface area contributed by atoms with Crippen LogP contribution < -0.4 is 5.43 Å². The lowest BCUT2D eigenvalue weighted by molar-refractivity contribution is 0.627. The molecule has 1 heterocycles. The molecular formula is C11H8ClFN4. The third-order valence-electron chi connectivity index (χ3n) is 1.87. The Bertz CT molecular complexity index is 527. The van der Waals surface area contributed by atoms with Crippen LogP contribution in [0.25, 0.3) is 0 Å². The molecule has 0 radical (unpaired) electrons. The van der Waals surface area contributed by atoms with Crippen molar-refractivity contribution >= 4 is 23.6 Å². The van der Waals surface area contributed by atoms with Crippen molar-refractivity contribution < 1.29 is 4.39 Å². The van der Waals surface area contributed by atoms with Crippen molar-refractivity contribution in [2.75, 3.05) is 5.43 Å². The molecule has 0 fully saturated rings. The molecule has 0 aliphatic carbocycles. The van der Waals surface area contributed by atoms with E-state index in [0.29, 0.717) is 16.5 Å². The van der Waals surface area contributed by atoms with E-state index in [0.717, 1.165) is 0 Å². The number of nitrogens with one attached hydrogen (secondary N) is 1. The summed E-state index contributed by atoms with van der Waals surface area (Å²) in [5.74, 6) is 0.155.